The van der Waals surface area contributed by atoms with Gasteiger partial charge in [-0.05, 0) is 13.8 Å². The van der Waals surface area contributed by atoms with Crippen LogP contribution < -0.4 is 5.43 Å². The highest BCUT2D eigenvalue weighted by molar-refractivity contribution is 5.90. The summed E-state index contributed by atoms with van der Waals surface area (Å²) in [6, 6.07) is 0. The highest BCUT2D eigenvalue weighted by Gasteiger charge is 2.16. The second-order valence-electron chi connectivity index (χ2n) is 1.91. The number of amides is 1. The van der Waals surface area contributed by atoms with Gasteiger partial charge in [0, 0.05) is 0 Å². The molecule has 4 nitrogen and oxygen atoms in total. The Morgan fingerprint density at radius 3 is 2.89 bits per heavy atom. The van der Waals surface area contributed by atoms with Crippen molar-refractivity contribution >= 4 is 11.8 Å². The van der Waals surface area contributed by atoms with Gasteiger partial charge in [-0.3, -0.25) is 0 Å². The van der Waals surface area contributed by atoms with Gasteiger partial charge in [-0.15, -0.1) is 0 Å². The number of carbonyl (C=O) groups excluding carboxylic acids is 1. The molecule has 1 atom stereocenters. The maximum atomic E-state index is 10.4. The van der Waals surface area contributed by atoms with Crippen molar-refractivity contribution in [1.29, 1.82) is 0 Å². The number of nitrogens with one attached hydrogen (secondary N) is 1. The molecule has 0 fully saturated rings. The molecule has 0 bridgehead atoms. The van der Waals surface area contributed by atoms with Gasteiger partial charge in [-0.25, -0.2) is 10.2 Å². The van der Waals surface area contributed by atoms with E-state index < -0.39 is 6.09 Å². The normalized spacial score (nSPS) is 26.2. The first-order valence-electron chi connectivity index (χ1n) is 2.71. The van der Waals surface area contributed by atoms with Crippen LogP contribution in [-0.4, -0.2) is 17.9 Å². The van der Waals surface area contributed by atoms with Crippen molar-refractivity contribution in [1.82, 2.24) is 5.43 Å². The number of cyclic esters (lactones) is 1. The predicted octanol–water partition coefficient (Wildman–Crippen LogP) is 0.491. The zero-order valence-electron chi connectivity index (χ0n) is 5.34. The van der Waals surface area contributed by atoms with E-state index in [0.29, 0.717) is 0 Å². The van der Waals surface area contributed by atoms with Crippen molar-refractivity contribution in [2.75, 3.05) is 0 Å². The predicted molar refractivity (Wildman–Crippen MR) is 32.2 cm³/mol. The van der Waals surface area contributed by atoms with Gasteiger partial charge in [0.05, 0.1) is 5.71 Å². The summed E-state index contributed by atoms with van der Waals surface area (Å²) in [5.74, 6) is 0. The van der Waals surface area contributed by atoms with Gasteiger partial charge >= 0.3 is 6.09 Å². The second kappa shape index (κ2) is 2.05. The molecule has 0 aromatic carbocycles. The molecule has 0 aliphatic carbocycles. The van der Waals surface area contributed by atoms with Crippen LogP contribution in [0.25, 0.3) is 0 Å². The van der Waals surface area contributed by atoms with Gasteiger partial charge in [-0.1, -0.05) is 0 Å². The van der Waals surface area contributed by atoms with Crippen molar-refractivity contribution in [2.24, 2.45) is 5.10 Å². The van der Waals surface area contributed by atoms with E-state index in [2.05, 4.69) is 10.5 Å². The Kier molecular flexibility index (Phi) is 1.38. The first-order valence-corrected chi connectivity index (χ1v) is 2.71. The largest absolute Gasteiger partial charge is 0.439 e. The lowest BCUT2D eigenvalue weighted by molar-refractivity contribution is 0.127. The molecule has 1 N–H and O–H groups in total. The zero-order chi connectivity index (χ0) is 6.85. The summed E-state index contributed by atoms with van der Waals surface area (Å²) in [4.78, 5) is 10.4. The number of ether oxygens (including phenoxy) is 1. The number of carbonyl (C=O) groups is 1. The van der Waals surface area contributed by atoms with Gasteiger partial charge in [0.25, 0.3) is 0 Å². The molecule has 0 spiro atoms. The fourth-order valence-electron chi connectivity index (χ4n) is 0.497. The molecular weight excluding hydrogens is 120 g/mol. The molecule has 1 aliphatic heterocycles. The Hall–Kier alpha value is -1.06. The topological polar surface area (TPSA) is 50.7 Å². The average molecular weight is 128 g/mol. The summed E-state index contributed by atoms with van der Waals surface area (Å²) in [6.07, 6.45) is -0.660. The van der Waals surface area contributed by atoms with Crippen molar-refractivity contribution < 1.29 is 9.53 Å². The molecule has 1 amide bonds. The van der Waals surface area contributed by atoms with Crippen LogP contribution in [0.3, 0.4) is 0 Å². The van der Waals surface area contributed by atoms with E-state index in [9.17, 15) is 4.79 Å². The third kappa shape index (κ3) is 1.19. The van der Waals surface area contributed by atoms with Crippen LogP contribution >= 0.6 is 0 Å². The van der Waals surface area contributed by atoms with Gasteiger partial charge in [0.2, 0.25) is 0 Å². The van der Waals surface area contributed by atoms with Gasteiger partial charge in [-0.2, -0.15) is 5.10 Å². The molecule has 4 heteroatoms. The molecule has 50 valence electrons. The summed E-state index contributed by atoms with van der Waals surface area (Å²) in [7, 11) is 0. The van der Waals surface area contributed by atoms with Crippen LogP contribution in [-0.2, 0) is 4.74 Å². The van der Waals surface area contributed by atoms with E-state index in [1.165, 1.54) is 0 Å². The molecule has 0 aromatic rings. The molecule has 0 aromatic heterocycles. The molecule has 1 aliphatic rings. The Labute approximate surface area is 52.9 Å². The van der Waals surface area contributed by atoms with E-state index in [-0.39, 0.29) is 6.10 Å². The highest BCUT2D eigenvalue weighted by Crippen LogP contribution is 1.98. The third-order valence-electron chi connectivity index (χ3n) is 1.20. The molecule has 0 saturated heterocycles. The number of hydrazone groups is 1. The molecule has 0 radical (unpaired) electrons. The quantitative estimate of drug-likeness (QED) is 0.516. The SMILES string of the molecule is CC1=NNC(=O)OC1C. The van der Waals surface area contributed by atoms with E-state index in [1.807, 2.05) is 0 Å². The minimum Gasteiger partial charge on any atom is -0.439 e. The van der Waals surface area contributed by atoms with E-state index >= 15 is 0 Å². The van der Waals surface area contributed by atoms with E-state index in [4.69, 9.17) is 4.74 Å². The fraction of sp³-hybridized carbons (Fsp3) is 0.600. The smallest absolute Gasteiger partial charge is 0.428 e. The minimum atomic E-state index is -0.479. The van der Waals surface area contributed by atoms with Crippen molar-refractivity contribution in [2.45, 2.75) is 20.0 Å². The molecule has 9 heavy (non-hydrogen) atoms. The molecule has 1 heterocycles. The van der Waals surface area contributed by atoms with Gasteiger partial charge in [0.15, 0.2) is 0 Å². The second-order valence-corrected chi connectivity index (χ2v) is 1.91. The molecule has 0 saturated carbocycles. The van der Waals surface area contributed by atoms with Crippen LogP contribution in [0.4, 0.5) is 4.79 Å². The summed E-state index contributed by atoms with van der Waals surface area (Å²) in [5, 5.41) is 3.68. The van der Waals surface area contributed by atoms with Crippen LogP contribution in [0.2, 0.25) is 0 Å². The van der Waals surface area contributed by atoms with Gasteiger partial charge in [0.1, 0.15) is 6.10 Å². The number of rotatable bonds is 0. The summed E-state index contributed by atoms with van der Waals surface area (Å²) in [6.45, 7) is 3.57. The molecule has 1 rings (SSSR count). The summed E-state index contributed by atoms with van der Waals surface area (Å²) >= 11 is 0. The van der Waals surface area contributed by atoms with Crippen LogP contribution in [0, 0.1) is 0 Å². The van der Waals surface area contributed by atoms with Crippen LogP contribution in [0.15, 0.2) is 5.10 Å². The average Bonchev–Trinajstić information content (AvgIpc) is 1.80. The first-order chi connectivity index (χ1) is 4.20. The third-order valence-corrected chi connectivity index (χ3v) is 1.20. The van der Waals surface area contributed by atoms with Crippen molar-refractivity contribution in [3.8, 4) is 0 Å². The van der Waals surface area contributed by atoms with E-state index in [1.54, 1.807) is 13.8 Å². The Bertz CT molecular complexity index is 164. The number of nitrogens with zero attached hydrogens (tertiary/aromatic N) is 1. The Morgan fingerprint density at radius 2 is 2.44 bits per heavy atom. The Morgan fingerprint density at radius 1 is 1.78 bits per heavy atom. The summed E-state index contributed by atoms with van der Waals surface area (Å²) < 4.78 is 4.72. The van der Waals surface area contributed by atoms with Crippen molar-refractivity contribution in [3.05, 3.63) is 0 Å². The van der Waals surface area contributed by atoms with E-state index in [0.717, 1.165) is 5.71 Å². The van der Waals surface area contributed by atoms with Gasteiger partial charge < -0.3 is 4.74 Å². The summed E-state index contributed by atoms with van der Waals surface area (Å²) in [5.41, 5.74) is 2.98. The first kappa shape index (κ1) is 6.07. The molecular formula is C5H8N2O2. The number of hydrogen-bond donors (Lipinski definition) is 1. The Balaban J connectivity index is 2.67. The fourth-order valence-corrected chi connectivity index (χ4v) is 0.497. The van der Waals surface area contributed by atoms with Crippen LogP contribution in [0.1, 0.15) is 13.8 Å². The van der Waals surface area contributed by atoms with Crippen LogP contribution in [0.5, 0.6) is 0 Å². The standard InChI is InChI=1S/C5H8N2O2/c1-3-4(2)9-5(8)7-6-3/h4H,1-2H3,(H,7,8). The number of hydrogen-bond acceptors (Lipinski definition) is 3. The lowest BCUT2D eigenvalue weighted by Crippen LogP contribution is -2.34. The lowest BCUT2D eigenvalue weighted by Gasteiger charge is -2.16. The molecule has 1 unspecified atom stereocenters. The zero-order valence-corrected chi connectivity index (χ0v) is 5.34. The monoisotopic (exact) mass is 128 g/mol. The van der Waals surface area contributed by atoms with Crippen molar-refractivity contribution in [3.63, 3.8) is 0 Å². The lowest BCUT2D eigenvalue weighted by atomic mass is 10.3. The minimum absolute atomic E-state index is 0.182. The maximum absolute atomic E-state index is 10.4. The highest BCUT2D eigenvalue weighted by atomic mass is 16.6. The maximum Gasteiger partial charge on any atom is 0.428 e.